The van der Waals surface area contributed by atoms with Crippen LogP contribution in [-0.2, 0) is 0 Å². The monoisotopic (exact) mass is 257 g/mol. The normalized spacial score (nSPS) is 10.4. The molecule has 0 saturated carbocycles. The smallest absolute Gasteiger partial charge is 0.266 e. The third kappa shape index (κ3) is 1.75. The van der Waals surface area contributed by atoms with Crippen molar-refractivity contribution in [3.63, 3.8) is 0 Å². The summed E-state index contributed by atoms with van der Waals surface area (Å²) < 4.78 is 1.01. The van der Waals surface area contributed by atoms with Crippen LogP contribution in [0, 0.1) is 0 Å². The molecular formula is C9H5Cl2N3O2. The van der Waals surface area contributed by atoms with E-state index in [4.69, 9.17) is 23.2 Å². The molecule has 0 aliphatic carbocycles. The van der Waals surface area contributed by atoms with Gasteiger partial charge in [-0.15, -0.1) is 0 Å². The molecule has 0 spiro atoms. The highest BCUT2D eigenvalue weighted by atomic mass is 35.5. The lowest BCUT2D eigenvalue weighted by molar-refractivity contribution is 0.785. The van der Waals surface area contributed by atoms with E-state index in [1.165, 1.54) is 12.4 Å². The van der Waals surface area contributed by atoms with Crippen molar-refractivity contribution in [3.8, 4) is 5.69 Å². The Labute approximate surface area is 99.3 Å². The van der Waals surface area contributed by atoms with Crippen molar-refractivity contribution in [1.29, 1.82) is 0 Å². The molecule has 0 fully saturated rings. The van der Waals surface area contributed by atoms with E-state index >= 15 is 0 Å². The molecule has 0 atom stereocenters. The summed E-state index contributed by atoms with van der Waals surface area (Å²) in [5.41, 5.74) is -0.754. The number of nitrogens with zero attached hydrogens (tertiary/aromatic N) is 2. The fraction of sp³-hybridized carbons (Fsp3) is 0. The van der Waals surface area contributed by atoms with Crippen molar-refractivity contribution in [3.05, 3.63) is 55.3 Å². The molecule has 0 unspecified atom stereocenters. The third-order valence-corrected chi connectivity index (χ3v) is 2.73. The van der Waals surface area contributed by atoms with Crippen molar-refractivity contribution in [2.24, 2.45) is 0 Å². The minimum absolute atomic E-state index is 0.303. The predicted octanol–water partition coefficient (Wildman–Crippen LogP) is 1.23. The zero-order chi connectivity index (χ0) is 11.7. The molecule has 2 aromatic heterocycles. The number of pyridine rings is 1. The maximum absolute atomic E-state index is 11.7. The average molecular weight is 258 g/mol. The summed E-state index contributed by atoms with van der Waals surface area (Å²) in [6, 6.07) is 3.11. The first-order chi connectivity index (χ1) is 7.61. The standard InChI is InChI=1S/C9H5Cl2N3O2/c10-6-7(11)9(16)14(13-8(6)15)5-1-3-12-4-2-5/h1-4H,(H,13,15). The molecule has 2 heterocycles. The highest BCUT2D eigenvalue weighted by molar-refractivity contribution is 6.41. The maximum Gasteiger partial charge on any atom is 0.290 e. The lowest BCUT2D eigenvalue weighted by Crippen LogP contribution is -2.29. The largest absolute Gasteiger partial charge is 0.290 e. The summed E-state index contributed by atoms with van der Waals surface area (Å²) in [5.74, 6) is 0. The number of nitrogens with one attached hydrogen (secondary N) is 1. The number of hydrogen-bond acceptors (Lipinski definition) is 3. The molecule has 2 aromatic rings. The number of halogens is 2. The van der Waals surface area contributed by atoms with Crippen LogP contribution in [0.5, 0.6) is 0 Å². The summed E-state index contributed by atoms with van der Waals surface area (Å²) in [6.07, 6.45) is 2.98. The molecule has 0 aliphatic rings. The van der Waals surface area contributed by atoms with Crippen molar-refractivity contribution in [1.82, 2.24) is 14.8 Å². The molecule has 16 heavy (non-hydrogen) atoms. The Bertz CT molecular complexity index is 633. The van der Waals surface area contributed by atoms with Gasteiger partial charge in [-0.1, -0.05) is 23.2 Å². The van der Waals surface area contributed by atoms with E-state index in [-0.39, 0.29) is 10.0 Å². The number of hydrogen-bond donors (Lipinski definition) is 1. The van der Waals surface area contributed by atoms with Crippen molar-refractivity contribution < 1.29 is 0 Å². The molecule has 0 saturated heterocycles. The Morgan fingerprint density at radius 3 is 2.38 bits per heavy atom. The van der Waals surface area contributed by atoms with E-state index in [1.807, 2.05) is 0 Å². The molecule has 5 nitrogen and oxygen atoms in total. The Hall–Kier alpha value is -1.59. The topological polar surface area (TPSA) is 67.8 Å². The van der Waals surface area contributed by atoms with Crippen LogP contribution < -0.4 is 11.1 Å². The van der Waals surface area contributed by atoms with Gasteiger partial charge >= 0.3 is 0 Å². The van der Waals surface area contributed by atoms with Gasteiger partial charge in [0.25, 0.3) is 11.1 Å². The van der Waals surface area contributed by atoms with Gasteiger partial charge in [0.15, 0.2) is 0 Å². The van der Waals surface area contributed by atoms with Crippen molar-refractivity contribution in [2.45, 2.75) is 0 Å². The number of H-pyrrole nitrogens is 1. The SMILES string of the molecule is O=c1[nH]n(-c2ccncc2)c(=O)c(Cl)c1Cl. The van der Waals surface area contributed by atoms with Gasteiger partial charge in [-0.3, -0.25) is 19.7 Å². The second-order valence-electron chi connectivity index (χ2n) is 2.91. The molecule has 2 rings (SSSR count). The molecule has 0 amide bonds. The third-order valence-electron chi connectivity index (χ3n) is 1.92. The lowest BCUT2D eigenvalue weighted by Gasteiger charge is -2.05. The van der Waals surface area contributed by atoms with Crippen LogP contribution >= 0.6 is 23.2 Å². The Balaban J connectivity index is 2.78. The first-order valence-electron chi connectivity index (χ1n) is 4.22. The van der Waals surface area contributed by atoms with Gasteiger partial charge in [0.05, 0.1) is 5.69 Å². The highest BCUT2D eigenvalue weighted by Crippen LogP contribution is 2.11. The molecule has 0 aliphatic heterocycles. The highest BCUT2D eigenvalue weighted by Gasteiger charge is 2.11. The van der Waals surface area contributed by atoms with Crippen LogP contribution in [0.25, 0.3) is 5.69 Å². The molecule has 0 radical (unpaired) electrons. The fourth-order valence-electron chi connectivity index (χ4n) is 1.17. The predicted molar refractivity (Wildman–Crippen MR) is 60.5 cm³/mol. The molecule has 0 aromatic carbocycles. The quantitative estimate of drug-likeness (QED) is 0.836. The van der Waals surface area contributed by atoms with Gasteiger partial charge in [-0.05, 0) is 12.1 Å². The Kier molecular flexibility index (Phi) is 2.80. The van der Waals surface area contributed by atoms with E-state index in [0.29, 0.717) is 5.69 Å². The summed E-state index contributed by atoms with van der Waals surface area (Å²) >= 11 is 11.2. The number of rotatable bonds is 1. The van der Waals surface area contributed by atoms with Crippen molar-refractivity contribution in [2.75, 3.05) is 0 Å². The second kappa shape index (κ2) is 4.11. The molecular weight excluding hydrogens is 253 g/mol. The first kappa shape index (κ1) is 10.9. The van der Waals surface area contributed by atoms with Crippen LogP contribution in [0.4, 0.5) is 0 Å². The van der Waals surface area contributed by atoms with Gasteiger partial charge in [0, 0.05) is 12.4 Å². The van der Waals surface area contributed by atoms with E-state index in [1.54, 1.807) is 12.1 Å². The fourth-order valence-corrected chi connectivity index (χ4v) is 1.46. The first-order valence-corrected chi connectivity index (χ1v) is 4.97. The van der Waals surface area contributed by atoms with Crippen LogP contribution in [0.1, 0.15) is 0 Å². The van der Waals surface area contributed by atoms with E-state index < -0.39 is 11.1 Å². The van der Waals surface area contributed by atoms with Crippen LogP contribution in [-0.4, -0.2) is 14.8 Å². The molecule has 0 bridgehead atoms. The van der Waals surface area contributed by atoms with E-state index in [0.717, 1.165) is 4.68 Å². The minimum atomic E-state index is -0.622. The minimum Gasteiger partial charge on any atom is -0.266 e. The summed E-state index contributed by atoms with van der Waals surface area (Å²) in [5, 5.41) is 1.69. The number of aromatic amines is 1. The Morgan fingerprint density at radius 2 is 1.75 bits per heavy atom. The summed E-state index contributed by atoms with van der Waals surface area (Å²) in [7, 11) is 0. The van der Waals surface area contributed by atoms with Crippen LogP contribution in [0.15, 0.2) is 34.1 Å². The van der Waals surface area contributed by atoms with Gasteiger partial charge in [0.2, 0.25) is 0 Å². The summed E-state index contributed by atoms with van der Waals surface area (Å²) in [6.45, 7) is 0. The number of aromatic nitrogens is 3. The van der Waals surface area contributed by atoms with Gasteiger partial charge in [-0.2, -0.15) is 0 Å². The zero-order valence-corrected chi connectivity index (χ0v) is 9.29. The molecule has 82 valence electrons. The summed E-state index contributed by atoms with van der Waals surface area (Å²) in [4.78, 5) is 26.8. The van der Waals surface area contributed by atoms with Gasteiger partial charge in [-0.25, -0.2) is 4.68 Å². The van der Waals surface area contributed by atoms with Crippen LogP contribution in [0.3, 0.4) is 0 Å². The maximum atomic E-state index is 11.7. The Morgan fingerprint density at radius 1 is 1.12 bits per heavy atom. The van der Waals surface area contributed by atoms with Crippen molar-refractivity contribution >= 4 is 23.2 Å². The van der Waals surface area contributed by atoms with E-state index in [2.05, 4.69) is 10.1 Å². The zero-order valence-electron chi connectivity index (χ0n) is 7.78. The van der Waals surface area contributed by atoms with Crippen LogP contribution in [0.2, 0.25) is 10.0 Å². The average Bonchev–Trinajstić information content (AvgIpc) is 2.32. The van der Waals surface area contributed by atoms with Gasteiger partial charge in [0.1, 0.15) is 10.0 Å². The van der Waals surface area contributed by atoms with Gasteiger partial charge < -0.3 is 0 Å². The van der Waals surface area contributed by atoms with E-state index in [9.17, 15) is 9.59 Å². The molecule has 1 N–H and O–H groups in total. The molecule has 7 heteroatoms. The lowest BCUT2D eigenvalue weighted by atomic mass is 10.4. The second-order valence-corrected chi connectivity index (χ2v) is 3.67.